The van der Waals surface area contributed by atoms with Gasteiger partial charge in [0.15, 0.2) is 5.13 Å². The number of hydrogen-bond acceptors (Lipinski definition) is 4. The highest BCUT2D eigenvalue weighted by atomic mass is 32.1. The Morgan fingerprint density at radius 1 is 1.40 bits per heavy atom. The highest BCUT2D eigenvalue weighted by Gasteiger charge is 2.19. The summed E-state index contributed by atoms with van der Waals surface area (Å²) in [6.45, 7) is 3.92. The van der Waals surface area contributed by atoms with Crippen molar-refractivity contribution in [1.29, 1.82) is 0 Å². The molecule has 0 aromatic carbocycles. The first-order chi connectivity index (χ1) is 9.54. The number of rotatable bonds is 3. The summed E-state index contributed by atoms with van der Waals surface area (Å²) in [4.78, 5) is 18.0. The van der Waals surface area contributed by atoms with Gasteiger partial charge in [-0.25, -0.2) is 4.98 Å². The number of aromatic nitrogens is 3. The highest BCUT2D eigenvalue weighted by molar-refractivity contribution is 7.15. The first-order valence-electron chi connectivity index (χ1n) is 6.82. The Morgan fingerprint density at radius 3 is 2.85 bits per heavy atom. The number of aryl methyl sites for hydroxylation is 4. The molecule has 6 heteroatoms. The third-order valence-electron chi connectivity index (χ3n) is 3.84. The van der Waals surface area contributed by atoms with E-state index in [4.69, 9.17) is 0 Å². The fourth-order valence-corrected chi connectivity index (χ4v) is 3.71. The van der Waals surface area contributed by atoms with Crippen LogP contribution in [-0.2, 0) is 31.1 Å². The maximum absolute atomic E-state index is 12.1. The van der Waals surface area contributed by atoms with Gasteiger partial charge in [-0.15, -0.1) is 11.3 Å². The van der Waals surface area contributed by atoms with E-state index >= 15 is 0 Å². The smallest absolute Gasteiger partial charge is 0.230 e. The molecule has 1 amide bonds. The van der Waals surface area contributed by atoms with Crippen LogP contribution >= 0.6 is 11.3 Å². The zero-order valence-corrected chi connectivity index (χ0v) is 12.8. The van der Waals surface area contributed by atoms with Crippen molar-refractivity contribution in [3.63, 3.8) is 0 Å². The maximum atomic E-state index is 12.1. The van der Waals surface area contributed by atoms with Gasteiger partial charge in [-0.3, -0.25) is 9.48 Å². The van der Waals surface area contributed by atoms with Crippen molar-refractivity contribution in [2.24, 2.45) is 7.05 Å². The van der Waals surface area contributed by atoms with Gasteiger partial charge < -0.3 is 5.32 Å². The summed E-state index contributed by atoms with van der Waals surface area (Å²) in [5.41, 5.74) is 4.13. The van der Waals surface area contributed by atoms with Gasteiger partial charge >= 0.3 is 0 Å². The predicted molar refractivity (Wildman–Crippen MR) is 79.2 cm³/mol. The van der Waals surface area contributed by atoms with E-state index in [0.29, 0.717) is 6.42 Å². The molecule has 0 radical (unpaired) electrons. The molecule has 1 aliphatic rings. The number of fused-ring (bicyclic) bond motifs is 1. The Bertz CT molecular complexity index is 650. The molecule has 0 bridgehead atoms. The number of thiazole rings is 1. The van der Waals surface area contributed by atoms with Crippen LogP contribution in [-0.4, -0.2) is 20.7 Å². The Morgan fingerprint density at radius 2 is 2.20 bits per heavy atom. The molecular weight excluding hydrogens is 272 g/mol. The first-order valence-corrected chi connectivity index (χ1v) is 7.63. The lowest BCUT2D eigenvalue weighted by Crippen LogP contribution is -2.15. The average Bonchev–Trinajstić information content (AvgIpc) is 3.00. The van der Waals surface area contributed by atoms with Crippen molar-refractivity contribution in [1.82, 2.24) is 14.8 Å². The highest BCUT2D eigenvalue weighted by Crippen LogP contribution is 2.30. The van der Waals surface area contributed by atoms with Crippen LogP contribution in [0.2, 0.25) is 0 Å². The third-order valence-corrected chi connectivity index (χ3v) is 4.91. The molecule has 20 heavy (non-hydrogen) atoms. The molecule has 0 saturated heterocycles. The van der Waals surface area contributed by atoms with E-state index in [2.05, 4.69) is 15.4 Å². The van der Waals surface area contributed by atoms with Crippen LogP contribution in [0.25, 0.3) is 0 Å². The molecule has 106 valence electrons. The number of carbonyl (C=O) groups excluding carboxylic acids is 1. The fraction of sp³-hybridized carbons (Fsp3) is 0.500. The summed E-state index contributed by atoms with van der Waals surface area (Å²) in [6.07, 6.45) is 3.69. The standard InChI is InChI=1S/C14H18N4OS/c1-8-10(9(2)18(3)17-8)7-13(19)16-14-15-11-5-4-6-12(11)20-14/h4-7H2,1-3H3,(H,15,16,19). The quantitative estimate of drug-likeness (QED) is 0.942. The van der Waals surface area contributed by atoms with Crippen molar-refractivity contribution in [2.75, 3.05) is 5.32 Å². The van der Waals surface area contributed by atoms with E-state index in [9.17, 15) is 4.79 Å². The van der Waals surface area contributed by atoms with E-state index < -0.39 is 0 Å². The van der Waals surface area contributed by atoms with Crippen LogP contribution in [0, 0.1) is 13.8 Å². The van der Waals surface area contributed by atoms with Gasteiger partial charge in [-0.1, -0.05) is 0 Å². The second-order valence-corrected chi connectivity index (χ2v) is 6.32. The first kappa shape index (κ1) is 13.3. The Balaban J connectivity index is 1.70. The van der Waals surface area contributed by atoms with E-state index in [-0.39, 0.29) is 5.91 Å². The molecule has 1 aliphatic carbocycles. The molecule has 2 aromatic rings. The second-order valence-electron chi connectivity index (χ2n) is 5.24. The number of hydrogen-bond donors (Lipinski definition) is 1. The van der Waals surface area contributed by atoms with Crippen molar-refractivity contribution in [3.8, 4) is 0 Å². The molecule has 0 unspecified atom stereocenters. The zero-order chi connectivity index (χ0) is 14.3. The Hall–Kier alpha value is -1.69. The number of carbonyl (C=O) groups is 1. The minimum atomic E-state index is -0.0170. The summed E-state index contributed by atoms with van der Waals surface area (Å²) in [7, 11) is 1.90. The van der Waals surface area contributed by atoms with Crippen molar-refractivity contribution < 1.29 is 4.79 Å². The third kappa shape index (κ3) is 2.35. The molecule has 0 fully saturated rings. The summed E-state index contributed by atoms with van der Waals surface area (Å²) >= 11 is 1.61. The summed E-state index contributed by atoms with van der Waals surface area (Å²) in [5.74, 6) is -0.0170. The minimum absolute atomic E-state index is 0.0170. The fourth-order valence-electron chi connectivity index (χ4n) is 2.64. The van der Waals surface area contributed by atoms with Gasteiger partial charge in [-0.2, -0.15) is 5.10 Å². The molecule has 5 nitrogen and oxygen atoms in total. The van der Waals surface area contributed by atoms with E-state index in [1.165, 1.54) is 17.0 Å². The van der Waals surface area contributed by atoms with Crippen molar-refractivity contribution >= 4 is 22.4 Å². The summed E-state index contributed by atoms with van der Waals surface area (Å²) in [6, 6.07) is 0. The van der Waals surface area contributed by atoms with Crippen LogP contribution in [0.4, 0.5) is 5.13 Å². The molecule has 0 aliphatic heterocycles. The lowest BCUT2D eigenvalue weighted by atomic mass is 10.1. The molecule has 0 atom stereocenters. The van der Waals surface area contributed by atoms with Crippen LogP contribution in [0.3, 0.4) is 0 Å². The summed E-state index contributed by atoms with van der Waals surface area (Å²) < 4.78 is 1.82. The van der Waals surface area contributed by atoms with Gasteiger partial charge in [0.2, 0.25) is 5.91 Å². The molecule has 2 heterocycles. The van der Waals surface area contributed by atoms with Gasteiger partial charge in [-0.05, 0) is 33.1 Å². The van der Waals surface area contributed by atoms with E-state index in [1.807, 2.05) is 25.6 Å². The maximum Gasteiger partial charge on any atom is 0.230 e. The van der Waals surface area contributed by atoms with Crippen molar-refractivity contribution in [2.45, 2.75) is 39.5 Å². The van der Waals surface area contributed by atoms with E-state index in [1.54, 1.807) is 11.3 Å². The van der Waals surface area contributed by atoms with Crippen LogP contribution in [0.15, 0.2) is 0 Å². The lowest BCUT2D eigenvalue weighted by Gasteiger charge is -2.03. The van der Waals surface area contributed by atoms with Crippen LogP contribution < -0.4 is 5.32 Å². The van der Waals surface area contributed by atoms with Crippen LogP contribution in [0.1, 0.15) is 33.9 Å². The Labute approximate surface area is 122 Å². The van der Waals surface area contributed by atoms with Gasteiger partial charge in [0.25, 0.3) is 0 Å². The van der Waals surface area contributed by atoms with E-state index in [0.717, 1.165) is 34.9 Å². The molecule has 0 saturated carbocycles. The zero-order valence-electron chi connectivity index (χ0n) is 12.0. The second kappa shape index (κ2) is 5.01. The molecule has 3 rings (SSSR count). The number of nitrogens with zero attached hydrogens (tertiary/aromatic N) is 3. The van der Waals surface area contributed by atoms with Crippen LogP contribution in [0.5, 0.6) is 0 Å². The minimum Gasteiger partial charge on any atom is -0.302 e. The normalized spacial score (nSPS) is 13.6. The number of nitrogens with one attached hydrogen (secondary N) is 1. The van der Waals surface area contributed by atoms with Gasteiger partial charge in [0.05, 0.1) is 17.8 Å². The summed E-state index contributed by atoms with van der Waals surface area (Å²) in [5, 5.41) is 7.99. The molecule has 1 N–H and O–H groups in total. The van der Waals surface area contributed by atoms with Crippen molar-refractivity contribution in [3.05, 3.63) is 27.5 Å². The lowest BCUT2D eigenvalue weighted by molar-refractivity contribution is -0.115. The SMILES string of the molecule is Cc1nn(C)c(C)c1CC(=O)Nc1nc2c(s1)CCC2. The Kier molecular flexibility index (Phi) is 3.33. The van der Waals surface area contributed by atoms with Gasteiger partial charge in [0.1, 0.15) is 0 Å². The topological polar surface area (TPSA) is 59.8 Å². The monoisotopic (exact) mass is 290 g/mol. The van der Waals surface area contributed by atoms with Gasteiger partial charge in [0, 0.05) is 23.2 Å². The molecule has 2 aromatic heterocycles. The average molecular weight is 290 g/mol. The molecular formula is C14H18N4OS. The largest absolute Gasteiger partial charge is 0.302 e. The predicted octanol–water partition coefficient (Wildman–Crippen LogP) is 2.16. The number of amides is 1. The number of anilines is 1. The molecule has 0 spiro atoms.